The van der Waals surface area contributed by atoms with E-state index in [2.05, 4.69) is 10.5 Å². The van der Waals surface area contributed by atoms with Crippen molar-refractivity contribution in [3.05, 3.63) is 62.7 Å². The Hall–Kier alpha value is -3.13. The fourth-order valence-corrected chi connectivity index (χ4v) is 2.46. The number of carbonyl (C=O) groups is 1. The van der Waals surface area contributed by atoms with Crippen LogP contribution in [0.15, 0.2) is 41.5 Å². The van der Waals surface area contributed by atoms with Gasteiger partial charge in [0.05, 0.1) is 34.9 Å². The lowest BCUT2D eigenvalue weighted by molar-refractivity contribution is -0.385. The minimum Gasteiger partial charge on any atom is -0.490 e. The summed E-state index contributed by atoms with van der Waals surface area (Å²) in [5.41, 5.74) is 2.72. The number of benzene rings is 2. The first-order valence-corrected chi connectivity index (χ1v) is 8.51. The maximum Gasteiger partial charge on any atom is 0.315 e. The van der Waals surface area contributed by atoms with E-state index in [1.165, 1.54) is 12.3 Å². The Morgan fingerprint density at radius 3 is 2.59 bits per heavy atom. The molecule has 1 N–H and O–H groups in total. The lowest BCUT2D eigenvalue weighted by Gasteiger charge is -2.11. The molecule has 0 aliphatic heterocycles. The number of nitro benzene ring substituents is 1. The van der Waals surface area contributed by atoms with Gasteiger partial charge in [-0.2, -0.15) is 5.10 Å². The van der Waals surface area contributed by atoms with Crippen LogP contribution in [0, 0.1) is 10.1 Å². The summed E-state index contributed by atoms with van der Waals surface area (Å²) in [6.07, 6.45) is 1.28. The van der Waals surface area contributed by atoms with Gasteiger partial charge in [-0.3, -0.25) is 14.9 Å². The number of nitrogens with one attached hydrogen (secondary N) is 1. The first-order valence-electron chi connectivity index (χ1n) is 8.13. The monoisotopic (exact) mass is 391 g/mol. The summed E-state index contributed by atoms with van der Waals surface area (Å²) in [5, 5.41) is 15.5. The second kappa shape index (κ2) is 9.54. The molecule has 0 atom stereocenters. The van der Waals surface area contributed by atoms with Gasteiger partial charge in [-0.15, -0.1) is 0 Å². The average Bonchev–Trinajstić information content (AvgIpc) is 2.64. The zero-order chi connectivity index (χ0) is 19.8. The number of nitrogens with zero attached hydrogens (tertiary/aromatic N) is 2. The number of rotatable bonds is 8. The molecule has 0 aromatic heterocycles. The van der Waals surface area contributed by atoms with Crippen molar-refractivity contribution in [2.75, 3.05) is 13.2 Å². The largest absolute Gasteiger partial charge is 0.490 e. The third-order valence-corrected chi connectivity index (χ3v) is 3.67. The Morgan fingerprint density at radius 1 is 1.26 bits per heavy atom. The van der Waals surface area contributed by atoms with Crippen LogP contribution in [0.2, 0.25) is 5.02 Å². The van der Waals surface area contributed by atoms with Gasteiger partial charge in [0.15, 0.2) is 5.75 Å². The molecule has 27 heavy (non-hydrogen) atoms. The molecular formula is C18H18ClN3O5. The van der Waals surface area contributed by atoms with Gasteiger partial charge in [0.2, 0.25) is 5.75 Å². The van der Waals surface area contributed by atoms with E-state index >= 15 is 0 Å². The third-order valence-electron chi connectivity index (χ3n) is 3.34. The van der Waals surface area contributed by atoms with E-state index in [-0.39, 0.29) is 29.4 Å². The lowest BCUT2D eigenvalue weighted by Crippen LogP contribution is -2.18. The second-order valence-corrected chi connectivity index (χ2v) is 5.58. The Morgan fingerprint density at radius 2 is 1.96 bits per heavy atom. The molecule has 2 rings (SSSR count). The fraction of sp³-hybridized carbons (Fsp3) is 0.222. The molecule has 0 fully saturated rings. The maximum atomic E-state index is 12.1. The van der Waals surface area contributed by atoms with Crippen LogP contribution in [-0.4, -0.2) is 30.3 Å². The van der Waals surface area contributed by atoms with E-state index in [9.17, 15) is 14.9 Å². The molecule has 0 aliphatic carbocycles. The summed E-state index contributed by atoms with van der Waals surface area (Å²) in [4.78, 5) is 22.9. The minimum atomic E-state index is -0.562. The number of nitro groups is 1. The van der Waals surface area contributed by atoms with Crippen LogP contribution >= 0.6 is 11.6 Å². The van der Waals surface area contributed by atoms with Gasteiger partial charge in [-0.05, 0) is 32.0 Å². The van der Waals surface area contributed by atoms with Crippen LogP contribution in [0.3, 0.4) is 0 Å². The van der Waals surface area contributed by atoms with Crippen molar-refractivity contribution < 1.29 is 19.2 Å². The molecule has 1 amide bonds. The summed E-state index contributed by atoms with van der Waals surface area (Å²) < 4.78 is 10.8. The van der Waals surface area contributed by atoms with Crippen molar-refractivity contribution in [1.29, 1.82) is 0 Å². The van der Waals surface area contributed by atoms with Gasteiger partial charge in [0.1, 0.15) is 0 Å². The predicted octanol–water partition coefficient (Wildman–Crippen LogP) is 3.81. The first kappa shape index (κ1) is 20.2. The normalized spacial score (nSPS) is 10.6. The van der Waals surface area contributed by atoms with Crippen LogP contribution in [0.1, 0.15) is 29.8 Å². The highest BCUT2D eigenvalue weighted by molar-refractivity contribution is 6.33. The third kappa shape index (κ3) is 5.18. The smallest absolute Gasteiger partial charge is 0.315 e. The highest BCUT2D eigenvalue weighted by atomic mass is 35.5. The van der Waals surface area contributed by atoms with E-state index in [1.807, 2.05) is 0 Å². The molecule has 0 saturated carbocycles. The average molecular weight is 392 g/mol. The number of hydrogen-bond donors (Lipinski definition) is 1. The molecule has 0 spiro atoms. The van der Waals surface area contributed by atoms with Gasteiger partial charge in [0, 0.05) is 11.6 Å². The fourth-order valence-electron chi connectivity index (χ4n) is 2.24. The number of halogens is 1. The van der Waals surface area contributed by atoms with E-state index in [0.717, 1.165) is 0 Å². The Labute approximate surface area is 160 Å². The molecule has 0 unspecified atom stereocenters. The van der Waals surface area contributed by atoms with Crippen molar-refractivity contribution in [2.24, 2.45) is 5.10 Å². The lowest BCUT2D eigenvalue weighted by atomic mass is 10.2. The Kier molecular flexibility index (Phi) is 7.13. The summed E-state index contributed by atoms with van der Waals surface area (Å²) in [5.74, 6) is -0.212. The highest BCUT2D eigenvalue weighted by Crippen LogP contribution is 2.38. The standard InChI is InChI=1S/C18H18ClN3O5/c1-3-26-16-10-12(9-15(22(24)25)17(16)27-4-2)11-20-21-18(23)13-7-5-6-8-14(13)19/h5-11H,3-4H2,1-2H3,(H,21,23)/b20-11-. The summed E-state index contributed by atoms with van der Waals surface area (Å²) in [7, 11) is 0. The molecule has 2 aromatic carbocycles. The van der Waals surface area contributed by atoms with Gasteiger partial charge in [0.25, 0.3) is 5.91 Å². The number of hydrogen-bond acceptors (Lipinski definition) is 6. The number of carbonyl (C=O) groups excluding carboxylic acids is 1. The number of amides is 1. The Balaban J connectivity index is 2.27. The molecule has 2 aromatic rings. The molecule has 0 aliphatic rings. The first-order chi connectivity index (χ1) is 13.0. The van der Waals surface area contributed by atoms with Gasteiger partial charge in [-0.1, -0.05) is 23.7 Å². The van der Waals surface area contributed by atoms with Crippen LogP contribution < -0.4 is 14.9 Å². The number of ether oxygens (including phenoxy) is 2. The van der Waals surface area contributed by atoms with Gasteiger partial charge >= 0.3 is 5.69 Å². The molecule has 0 heterocycles. The van der Waals surface area contributed by atoms with E-state index < -0.39 is 10.8 Å². The minimum absolute atomic E-state index is 0.0570. The molecule has 8 nitrogen and oxygen atoms in total. The molecule has 0 radical (unpaired) electrons. The molecule has 142 valence electrons. The van der Waals surface area contributed by atoms with Crippen LogP contribution in [-0.2, 0) is 0 Å². The summed E-state index contributed by atoms with van der Waals surface area (Å²) in [6.45, 7) is 4.04. The van der Waals surface area contributed by atoms with E-state index in [4.69, 9.17) is 21.1 Å². The van der Waals surface area contributed by atoms with Crippen molar-refractivity contribution in [1.82, 2.24) is 5.43 Å². The topological polar surface area (TPSA) is 103 Å². The predicted molar refractivity (Wildman–Crippen MR) is 102 cm³/mol. The molecule has 0 saturated heterocycles. The van der Waals surface area contributed by atoms with Gasteiger partial charge < -0.3 is 9.47 Å². The van der Waals surface area contributed by atoms with Crippen LogP contribution in [0.4, 0.5) is 5.69 Å². The van der Waals surface area contributed by atoms with Crippen molar-refractivity contribution >= 4 is 29.4 Å². The SMILES string of the molecule is CCOc1cc(/C=N\NC(=O)c2ccccc2Cl)cc([N+](=O)[O-])c1OCC. The second-order valence-electron chi connectivity index (χ2n) is 5.17. The van der Waals surface area contributed by atoms with Crippen molar-refractivity contribution in [3.8, 4) is 11.5 Å². The number of hydrazone groups is 1. The summed E-state index contributed by atoms with van der Waals surface area (Å²) >= 11 is 5.96. The highest BCUT2D eigenvalue weighted by Gasteiger charge is 2.22. The Bertz CT molecular complexity index is 870. The van der Waals surface area contributed by atoms with Crippen LogP contribution in [0.25, 0.3) is 0 Å². The van der Waals surface area contributed by atoms with Crippen molar-refractivity contribution in [2.45, 2.75) is 13.8 Å². The zero-order valence-electron chi connectivity index (χ0n) is 14.8. The molecule has 9 heteroatoms. The molecular weight excluding hydrogens is 374 g/mol. The van der Waals surface area contributed by atoms with Crippen molar-refractivity contribution in [3.63, 3.8) is 0 Å². The zero-order valence-corrected chi connectivity index (χ0v) is 15.5. The molecule has 0 bridgehead atoms. The van der Waals surface area contributed by atoms with E-state index in [1.54, 1.807) is 44.2 Å². The quantitative estimate of drug-likeness (QED) is 0.418. The van der Waals surface area contributed by atoms with Crippen LogP contribution in [0.5, 0.6) is 11.5 Å². The summed E-state index contributed by atoms with van der Waals surface area (Å²) in [6, 6.07) is 9.36. The van der Waals surface area contributed by atoms with E-state index in [0.29, 0.717) is 17.2 Å². The maximum absolute atomic E-state index is 12.1. The van der Waals surface area contributed by atoms with Gasteiger partial charge in [-0.25, -0.2) is 5.43 Å².